The maximum atomic E-state index is 12.1. The van der Waals surface area contributed by atoms with Gasteiger partial charge in [-0.1, -0.05) is 13.3 Å². The van der Waals surface area contributed by atoms with Crippen molar-refractivity contribution >= 4 is 41.1 Å². The van der Waals surface area contributed by atoms with Crippen molar-refractivity contribution in [1.82, 2.24) is 0 Å². The minimum atomic E-state index is -0.605. The van der Waals surface area contributed by atoms with Gasteiger partial charge in [-0.15, -0.1) is 0 Å². The zero-order valence-electron chi connectivity index (χ0n) is 21.0. The third kappa shape index (κ3) is 10.9. The molecule has 0 bridgehead atoms. The third-order valence-electron chi connectivity index (χ3n) is 4.96. The average Bonchev–Trinajstić information content (AvgIpc) is 2.88. The Morgan fingerprint density at radius 3 is 1.73 bits per heavy atom. The van der Waals surface area contributed by atoms with E-state index in [-0.39, 0.29) is 31.8 Å². The van der Waals surface area contributed by atoms with Gasteiger partial charge in [-0.2, -0.15) is 0 Å². The van der Waals surface area contributed by atoms with Gasteiger partial charge in [0.25, 0.3) is 5.91 Å². The molecule has 0 aliphatic carbocycles. The number of hydrogen-bond acceptors (Lipinski definition) is 8. The number of anilines is 2. The van der Waals surface area contributed by atoms with E-state index in [2.05, 4.69) is 10.6 Å². The monoisotopic (exact) mass is 512 g/mol. The molecule has 2 amide bonds. The lowest BCUT2D eigenvalue weighted by molar-refractivity contribution is -0.147. The van der Waals surface area contributed by atoms with E-state index in [0.29, 0.717) is 29.1 Å². The molecule has 0 saturated heterocycles. The molecule has 37 heavy (non-hydrogen) atoms. The molecule has 0 saturated carbocycles. The zero-order valence-corrected chi connectivity index (χ0v) is 21.0. The van der Waals surface area contributed by atoms with Crippen LogP contribution in [-0.4, -0.2) is 49.5 Å². The maximum absolute atomic E-state index is 12.1. The molecule has 0 atom stereocenters. The van der Waals surface area contributed by atoms with E-state index in [0.717, 1.165) is 12.8 Å². The van der Waals surface area contributed by atoms with Gasteiger partial charge in [0.05, 0.1) is 24.3 Å². The first-order valence-electron chi connectivity index (χ1n) is 12.1. The van der Waals surface area contributed by atoms with Gasteiger partial charge < -0.3 is 24.8 Å². The smallest absolute Gasteiger partial charge is 0.338 e. The molecule has 2 N–H and O–H groups in total. The lowest BCUT2D eigenvalue weighted by Gasteiger charge is -2.08. The largest absolute Gasteiger partial charge is 0.462 e. The minimum Gasteiger partial charge on any atom is -0.462 e. The predicted octanol–water partition coefficient (Wildman–Crippen LogP) is 4.11. The van der Waals surface area contributed by atoms with E-state index >= 15 is 0 Å². The van der Waals surface area contributed by atoms with Gasteiger partial charge in [0.1, 0.15) is 0 Å². The van der Waals surface area contributed by atoms with E-state index in [1.165, 1.54) is 24.3 Å². The quantitative estimate of drug-likeness (QED) is 0.219. The molecule has 0 heterocycles. The van der Waals surface area contributed by atoms with Crippen molar-refractivity contribution in [3.8, 4) is 0 Å². The second-order valence-electron chi connectivity index (χ2n) is 7.98. The van der Waals surface area contributed by atoms with Crippen molar-refractivity contribution < 1.29 is 38.2 Å². The van der Waals surface area contributed by atoms with E-state index in [1.807, 2.05) is 6.92 Å². The fourth-order valence-corrected chi connectivity index (χ4v) is 3.02. The van der Waals surface area contributed by atoms with Crippen molar-refractivity contribution in [2.45, 2.75) is 46.0 Å². The summed E-state index contributed by atoms with van der Waals surface area (Å²) in [5.74, 6) is -2.31. The maximum Gasteiger partial charge on any atom is 0.338 e. The summed E-state index contributed by atoms with van der Waals surface area (Å²) in [6.45, 7) is 3.87. The van der Waals surface area contributed by atoms with E-state index in [1.54, 1.807) is 31.2 Å². The Bertz CT molecular complexity index is 1060. The molecule has 2 aromatic carbocycles. The standard InChI is InChI=1S/C27H32N2O8/c1-3-5-17-36-27(34)20-11-13-21(14-12-20)28-23(30)7-6-8-25(32)37-18-24(31)29-22-15-9-19(10-16-22)26(33)35-4-2/h9-16H,3-8,17-18H2,1-2H3,(H,28,30)(H,29,31). The highest BCUT2D eigenvalue weighted by Gasteiger charge is 2.12. The Labute approximate surface area is 215 Å². The second-order valence-corrected chi connectivity index (χ2v) is 7.98. The van der Waals surface area contributed by atoms with Crippen molar-refractivity contribution in [3.63, 3.8) is 0 Å². The number of unbranched alkanes of at least 4 members (excludes halogenated alkanes) is 1. The number of amides is 2. The van der Waals surface area contributed by atoms with Crippen LogP contribution in [0.3, 0.4) is 0 Å². The molecule has 10 nitrogen and oxygen atoms in total. The Balaban J connectivity index is 1.64. The van der Waals surface area contributed by atoms with Gasteiger partial charge in [0.2, 0.25) is 5.91 Å². The highest BCUT2D eigenvalue weighted by molar-refractivity contribution is 5.95. The highest BCUT2D eigenvalue weighted by Crippen LogP contribution is 2.13. The molecule has 0 aliphatic heterocycles. The van der Waals surface area contributed by atoms with Crippen LogP contribution < -0.4 is 10.6 Å². The first-order valence-corrected chi connectivity index (χ1v) is 12.1. The molecule has 0 fully saturated rings. The van der Waals surface area contributed by atoms with Crippen LogP contribution in [0.4, 0.5) is 11.4 Å². The van der Waals surface area contributed by atoms with Crippen LogP contribution >= 0.6 is 0 Å². The van der Waals surface area contributed by atoms with Crippen LogP contribution in [0.15, 0.2) is 48.5 Å². The Morgan fingerprint density at radius 2 is 1.19 bits per heavy atom. The Morgan fingerprint density at radius 1 is 0.649 bits per heavy atom. The van der Waals surface area contributed by atoms with Gasteiger partial charge in [0, 0.05) is 24.2 Å². The number of nitrogens with one attached hydrogen (secondary N) is 2. The molecule has 0 aromatic heterocycles. The number of carbonyl (C=O) groups excluding carboxylic acids is 5. The molecule has 0 radical (unpaired) electrons. The summed E-state index contributed by atoms with van der Waals surface area (Å²) in [4.78, 5) is 59.5. The molecule has 2 aromatic rings. The lowest BCUT2D eigenvalue weighted by atomic mass is 10.2. The van der Waals surface area contributed by atoms with Crippen LogP contribution in [0.1, 0.15) is 66.7 Å². The first-order chi connectivity index (χ1) is 17.8. The van der Waals surface area contributed by atoms with E-state index in [9.17, 15) is 24.0 Å². The van der Waals surface area contributed by atoms with Crippen LogP contribution in [0.2, 0.25) is 0 Å². The first kappa shape index (κ1) is 29.0. The predicted molar refractivity (Wildman–Crippen MR) is 136 cm³/mol. The Hall–Kier alpha value is -4.21. The molecular formula is C27H32N2O8. The number of esters is 3. The van der Waals surface area contributed by atoms with Crippen molar-refractivity contribution in [2.75, 3.05) is 30.5 Å². The zero-order chi connectivity index (χ0) is 27.0. The molecule has 10 heteroatoms. The fourth-order valence-electron chi connectivity index (χ4n) is 3.02. The summed E-state index contributed by atoms with van der Waals surface area (Å²) in [7, 11) is 0. The molecule has 0 aliphatic rings. The summed E-state index contributed by atoms with van der Waals surface area (Å²) >= 11 is 0. The van der Waals surface area contributed by atoms with Gasteiger partial charge in [-0.05, 0) is 68.3 Å². The van der Waals surface area contributed by atoms with Crippen LogP contribution in [0.5, 0.6) is 0 Å². The number of hydrogen-bond donors (Lipinski definition) is 2. The fraction of sp³-hybridized carbons (Fsp3) is 0.370. The Kier molecular flexibility index (Phi) is 12.3. The normalized spacial score (nSPS) is 10.2. The van der Waals surface area contributed by atoms with Gasteiger partial charge in [0.15, 0.2) is 6.61 Å². The molecule has 0 unspecified atom stereocenters. The molecule has 0 spiro atoms. The summed E-state index contributed by atoms with van der Waals surface area (Å²) in [5.41, 5.74) is 1.71. The van der Waals surface area contributed by atoms with Gasteiger partial charge in [-0.3, -0.25) is 14.4 Å². The second kappa shape index (κ2) is 15.7. The van der Waals surface area contributed by atoms with Crippen molar-refractivity contribution in [2.24, 2.45) is 0 Å². The van der Waals surface area contributed by atoms with E-state index in [4.69, 9.17) is 14.2 Å². The summed E-state index contributed by atoms with van der Waals surface area (Å²) in [5, 5.41) is 5.25. The number of ether oxygens (including phenoxy) is 3. The minimum absolute atomic E-state index is 0.0303. The lowest BCUT2D eigenvalue weighted by Crippen LogP contribution is -2.21. The van der Waals surface area contributed by atoms with Crippen LogP contribution in [0, 0.1) is 0 Å². The van der Waals surface area contributed by atoms with Crippen molar-refractivity contribution in [3.05, 3.63) is 59.7 Å². The number of benzene rings is 2. The van der Waals surface area contributed by atoms with Crippen molar-refractivity contribution in [1.29, 1.82) is 0 Å². The molecule has 198 valence electrons. The third-order valence-corrected chi connectivity index (χ3v) is 4.96. The van der Waals surface area contributed by atoms with Gasteiger partial charge in [-0.25, -0.2) is 9.59 Å². The van der Waals surface area contributed by atoms with Crippen LogP contribution in [0.25, 0.3) is 0 Å². The summed E-state index contributed by atoms with van der Waals surface area (Å²) in [6, 6.07) is 12.5. The number of rotatable bonds is 14. The topological polar surface area (TPSA) is 137 Å². The van der Waals surface area contributed by atoms with E-state index < -0.39 is 30.4 Å². The van der Waals surface area contributed by atoms with Gasteiger partial charge >= 0.3 is 17.9 Å². The molecular weight excluding hydrogens is 480 g/mol. The highest BCUT2D eigenvalue weighted by atomic mass is 16.5. The SMILES string of the molecule is CCCCOC(=O)c1ccc(NC(=O)CCCC(=O)OCC(=O)Nc2ccc(C(=O)OCC)cc2)cc1. The summed E-state index contributed by atoms with van der Waals surface area (Å²) in [6.07, 6.45) is 2.02. The average molecular weight is 513 g/mol. The number of carbonyl (C=O) groups is 5. The summed E-state index contributed by atoms with van der Waals surface area (Å²) < 4.78 is 15.0. The molecule has 2 rings (SSSR count). The van der Waals surface area contributed by atoms with Crippen LogP contribution in [-0.2, 0) is 28.6 Å².